The number of hydrogen-bond donors (Lipinski definition) is 1. The van der Waals surface area contributed by atoms with Crippen LogP contribution in [0.5, 0.6) is 0 Å². The van der Waals surface area contributed by atoms with E-state index in [1.807, 2.05) is 30.3 Å². The molecule has 2 aromatic rings. The Morgan fingerprint density at radius 3 is 2.92 bits per heavy atom. The minimum absolute atomic E-state index is 0.820. The lowest BCUT2D eigenvalue weighted by atomic mass is 10.1. The normalized spacial score (nSPS) is 11.1. The molecule has 1 aromatic heterocycles. The Morgan fingerprint density at radius 2 is 2.08 bits per heavy atom. The van der Waals surface area contributed by atoms with Gasteiger partial charge >= 0.3 is 0 Å². The molecule has 0 amide bonds. The SMILES string of the molecule is O/N=C/c1cccc2cccnc12. The van der Waals surface area contributed by atoms with Crippen LogP contribution < -0.4 is 0 Å². The molecule has 0 aliphatic rings. The summed E-state index contributed by atoms with van der Waals surface area (Å²) in [5.74, 6) is 0. The summed E-state index contributed by atoms with van der Waals surface area (Å²) in [6, 6.07) is 9.58. The van der Waals surface area contributed by atoms with E-state index < -0.39 is 0 Å². The van der Waals surface area contributed by atoms with Crippen LogP contribution in [-0.4, -0.2) is 16.4 Å². The Kier molecular flexibility index (Phi) is 1.92. The molecule has 0 aliphatic heterocycles. The zero-order valence-electron chi connectivity index (χ0n) is 6.88. The highest BCUT2D eigenvalue weighted by Crippen LogP contribution is 2.13. The first-order valence-electron chi connectivity index (χ1n) is 3.93. The molecule has 64 valence electrons. The van der Waals surface area contributed by atoms with Crippen molar-refractivity contribution < 1.29 is 5.21 Å². The first-order chi connectivity index (χ1) is 6.42. The van der Waals surface area contributed by atoms with Crippen molar-refractivity contribution in [1.29, 1.82) is 0 Å². The van der Waals surface area contributed by atoms with E-state index in [2.05, 4.69) is 10.1 Å². The van der Waals surface area contributed by atoms with Crippen molar-refractivity contribution in [1.82, 2.24) is 4.98 Å². The molecule has 1 aromatic carbocycles. The Morgan fingerprint density at radius 1 is 1.23 bits per heavy atom. The molecule has 0 aliphatic carbocycles. The van der Waals surface area contributed by atoms with Crippen LogP contribution in [0, 0.1) is 0 Å². The minimum atomic E-state index is 0.820. The summed E-state index contributed by atoms with van der Waals surface area (Å²) in [6.07, 6.45) is 3.10. The summed E-state index contributed by atoms with van der Waals surface area (Å²) >= 11 is 0. The van der Waals surface area contributed by atoms with E-state index >= 15 is 0 Å². The lowest BCUT2D eigenvalue weighted by Crippen LogP contribution is -1.86. The maximum atomic E-state index is 8.42. The van der Waals surface area contributed by atoms with Gasteiger partial charge in [0.1, 0.15) is 0 Å². The predicted molar refractivity (Wildman–Crippen MR) is 51.1 cm³/mol. The second-order valence-electron chi connectivity index (χ2n) is 2.67. The van der Waals surface area contributed by atoms with Gasteiger partial charge in [-0.3, -0.25) is 4.98 Å². The van der Waals surface area contributed by atoms with E-state index in [-0.39, 0.29) is 0 Å². The number of para-hydroxylation sites is 1. The first-order valence-corrected chi connectivity index (χ1v) is 3.93. The fraction of sp³-hybridized carbons (Fsp3) is 0. The standard InChI is InChI=1S/C10H8N2O/c13-12-7-9-4-1-3-8-5-2-6-11-10(8)9/h1-7,13H/b12-7+. The summed E-state index contributed by atoms with van der Waals surface area (Å²) in [7, 11) is 0. The molecule has 0 radical (unpaired) electrons. The van der Waals surface area contributed by atoms with Gasteiger partial charge in [0.2, 0.25) is 0 Å². The molecule has 0 saturated heterocycles. The summed E-state index contributed by atoms with van der Waals surface area (Å²) in [5.41, 5.74) is 1.67. The van der Waals surface area contributed by atoms with Gasteiger partial charge in [0, 0.05) is 17.1 Å². The van der Waals surface area contributed by atoms with Crippen LogP contribution in [0.25, 0.3) is 10.9 Å². The van der Waals surface area contributed by atoms with Crippen molar-refractivity contribution in [2.75, 3.05) is 0 Å². The fourth-order valence-electron chi connectivity index (χ4n) is 1.29. The average molecular weight is 172 g/mol. The average Bonchev–Trinajstić information content (AvgIpc) is 2.19. The molecular weight excluding hydrogens is 164 g/mol. The van der Waals surface area contributed by atoms with Crippen molar-refractivity contribution in [3.05, 3.63) is 42.1 Å². The smallest absolute Gasteiger partial charge is 0.0790 e. The van der Waals surface area contributed by atoms with E-state index in [1.165, 1.54) is 6.21 Å². The van der Waals surface area contributed by atoms with Crippen LogP contribution >= 0.6 is 0 Å². The Labute approximate surface area is 75.3 Å². The third-order valence-corrected chi connectivity index (χ3v) is 1.86. The Bertz CT molecular complexity index is 446. The summed E-state index contributed by atoms with van der Waals surface area (Å²) in [6.45, 7) is 0. The number of fused-ring (bicyclic) bond motifs is 1. The van der Waals surface area contributed by atoms with Crippen molar-refractivity contribution >= 4 is 17.1 Å². The highest BCUT2D eigenvalue weighted by atomic mass is 16.4. The number of aromatic nitrogens is 1. The van der Waals surface area contributed by atoms with Crippen LogP contribution in [0.2, 0.25) is 0 Å². The third kappa shape index (κ3) is 1.36. The zero-order valence-corrected chi connectivity index (χ0v) is 6.88. The largest absolute Gasteiger partial charge is 0.411 e. The molecule has 0 saturated carbocycles. The molecule has 0 atom stereocenters. The van der Waals surface area contributed by atoms with Gasteiger partial charge in [0.05, 0.1) is 11.7 Å². The van der Waals surface area contributed by atoms with Crippen molar-refractivity contribution in [3.63, 3.8) is 0 Å². The number of benzene rings is 1. The lowest BCUT2D eigenvalue weighted by molar-refractivity contribution is 0.322. The monoisotopic (exact) mass is 172 g/mol. The summed E-state index contributed by atoms with van der Waals surface area (Å²) in [5, 5.41) is 12.5. The summed E-state index contributed by atoms with van der Waals surface area (Å²) < 4.78 is 0. The molecule has 2 rings (SSSR count). The van der Waals surface area contributed by atoms with E-state index in [0.717, 1.165) is 16.5 Å². The molecule has 13 heavy (non-hydrogen) atoms. The van der Waals surface area contributed by atoms with Crippen LogP contribution in [0.3, 0.4) is 0 Å². The van der Waals surface area contributed by atoms with Crippen molar-refractivity contribution in [3.8, 4) is 0 Å². The molecule has 0 fully saturated rings. The quantitative estimate of drug-likeness (QED) is 0.406. The van der Waals surface area contributed by atoms with Crippen LogP contribution in [0.1, 0.15) is 5.56 Å². The molecule has 3 nitrogen and oxygen atoms in total. The molecule has 1 N–H and O–H groups in total. The van der Waals surface area contributed by atoms with E-state index in [1.54, 1.807) is 6.20 Å². The number of nitrogens with zero attached hydrogens (tertiary/aromatic N) is 2. The topological polar surface area (TPSA) is 45.5 Å². The Balaban J connectivity index is 2.75. The van der Waals surface area contributed by atoms with Gasteiger partial charge < -0.3 is 5.21 Å². The number of oxime groups is 1. The number of pyridine rings is 1. The zero-order chi connectivity index (χ0) is 9.10. The first kappa shape index (κ1) is 7.73. The summed E-state index contributed by atoms with van der Waals surface area (Å²) in [4.78, 5) is 4.20. The van der Waals surface area contributed by atoms with Gasteiger partial charge in [-0.05, 0) is 6.07 Å². The minimum Gasteiger partial charge on any atom is -0.411 e. The maximum Gasteiger partial charge on any atom is 0.0790 e. The fourth-order valence-corrected chi connectivity index (χ4v) is 1.29. The van der Waals surface area contributed by atoms with Gasteiger partial charge in [-0.1, -0.05) is 29.4 Å². The van der Waals surface area contributed by atoms with E-state index in [4.69, 9.17) is 5.21 Å². The Hall–Kier alpha value is -1.90. The molecule has 0 bridgehead atoms. The molecule has 3 heteroatoms. The van der Waals surface area contributed by atoms with Gasteiger partial charge in [-0.15, -0.1) is 0 Å². The highest BCUT2D eigenvalue weighted by molar-refractivity contribution is 5.96. The van der Waals surface area contributed by atoms with Crippen LogP contribution in [0.15, 0.2) is 41.7 Å². The van der Waals surface area contributed by atoms with Gasteiger partial charge in [0.25, 0.3) is 0 Å². The molecule has 1 heterocycles. The van der Waals surface area contributed by atoms with Crippen molar-refractivity contribution in [2.24, 2.45) is 5.16 Å². The molecule has 0 spiro atoms. The third-order valence-electron chi connectivity index (χ3n) is 1.86. The van der Waals surface area contributed by atoms with Gasteiger partial charge in [0.15, 0.2) is 0 Å². The predicted octanol–water partition coefficient (Wildman–Crippen LogP) is 2.04. The highest BCUT2D eigenvalue weighted by Gasteiger charge is 1.97. The van der Waals surface area contributed by atoms with Gasteiger partial charge in [-0.2, -0.15) is 0 Å². The number of hydrogen-bond acceptors (Lipinski definition) is 3. The number of rotatable bonds is 1. The lowest BCUT2D eigenvalue weighted by Gasteiger charge is -1.98. The van der Waals surface area contributed by atoms with E-state index in [9.17, 15) is 0 Å². The van der Waals surface area contributed by atoms with E-state index in [0.29, 0.717) is 0 Å². The second kappa shape index (κ2) is 3.23. The maximum absolute atomic E-state index is 8.42. The van der Waals surface area contributed by atoms with Crippen molar-refractivity contribution in [2.45, 2.75) is 0 Å². The second-order valence-corrected chi connectivity index (χ2v) is 2.67. The van der Waals surface area contributed by atoms with Crippen LogP contribution in [0.4, 0.5) is 0 Å². The molecular formula is C10H8N2O. The van der Waals surface area contributed by atoms with Gasteiger partial charge in [-0.25, -0.2) is 0 Å². The molecule has 0 unspecified atom stereocenters. The van der Waals surface area contributed by atoms with Crippen LogP contribution in [-0.2, 0) is 0 Å².